The van der Waals surface area contributed by atoms with Crippen LogP contribution in [0, 0.1) is 0 Å². The van der Waals surface area contributed by atoms with Crippen LogP contribution >= 0.6 is 0 Å². The van der Waals surface area contributed by atoms with Crippen molar-refractivity contribution in [2.45, 2.75) is 31.8 Å². The molecule has 1 nitrogen and oxygen atoms in total. The summed E-state index contributed by atoms with van der Waals surface area (Å²) in [6.45, 7) is 4.44. The lowest BCUT2D eigenvalue weighted by Gasteiger charge is -2.48. The molecule has 2 atom stereocenters. The molecular formula is C12H16O. The maximum Gasteiger partial charge on any atom is 0.0993 e. The third-order valence-corrected chi connectivity index (χ3v) is 3.47. The minimum Gasteiger partial charge on any atom is -0.373 e. The Morgan fingerprint density at radius 2 is 2.08 bits per heavy atom. The van der Waals surface area contributed by atoms with Gasteiger partial charge in [-0.05, 0) is 17.5 Å². The number of benzene rings is 1. The van der Waals surface area contributed by atoms with E-state index in [1.807, 2.05) is 7.11 Å². The molecule has 1 heteroatoms. The highest BCUT2D eigenvalue weighted by Crippen LogP contribution is 2.53. The van der Waals surface area contributed by atoms with E-state index in [0.717, 1.165) is 6.42 Å². The van der Waals surface area contributed by atoms with Gasteiger partial charge in [-0.1, -0.05) is 38.1 Å². The van der Waals surface area contributed by atoms with Crippen LogP contribution in [-0.4, -0.2) is 7.11 Å². The summed E-state index contributed by atoms with van der Waals surface area (Å²) in [5, 5.41) is 0. The van der Waals surface area contributed by atoms with Gasteiger partial charge in [-0.15, -0.1) is 0 Å². The Hall–Kier alpha value is -0.820. The molecule has 0 spiro atoms. The molecule has 13 heavy (non-hydrogen) atoms. The Morgan fingerprint density at radius 3 is 2.69 bits per heavy atom. The Kier molecular flexibility index (Phi) is 1.92. The van der Waals surface area contributed by atoms with Gasteiger partial charge in [-0.25, -0.2) is 0 Å². The maximum absolute atomic E-state index is 5.66. The van der Waals surface area contributed by atoms with E-state index in [1.165, 1.54) is 11.1 Å². The van der Waals surface area contributed by atoms with Crippen molar-refractivity contribution in [2.24, 2.45) is 0 Å². The van der Waals surface area contributed by atoms with Gasteiger partial charge in [0.1, 0.15) is 0 Å². The predicted octanol–water partition coefficient (Wildman–Crippen LogP) is 3.06. The van der Waals surface area contributed by atoms with Gasteiger partial charge in [-0.3, -0.25) is 0 Å². The molecule has 2 rings (SSSR count). The Labute approximate surface area is 79.7 Å². The molecule has 0 aliphatic heterocycles. The van der Waals surface area contributed by atoms with Gasteiger partial charge in [0.2, 0.25) is 0 Å². The molecule has 0 aromatic heterocycles. The topological polar surface area (TPSA) is 9.23 Å². The monoisotopic (exact) mass is 176 g/mol. The summed E-state index contributed by atoms with van der Waals surface area (Å²) in [5.74, 6) is 0.540. The minimum atomic E-state index is -0.00338. The number of methoxy groups -OCH3 is 1. The third kappa shape index (κ3) is 0.910. The van der Waals surface area contributed by atoms with Gasteiger partial charge in [0, 0.05) is 13.0 Å². The average molecular weight is 176 g/mol. The van der Waals surface area contributed by atoms with Gasteiger partial charge in [0.15, 0.2) is 0 Å². The van der Waals surface area contributed by atoms with Gasteiger partial charge in [0.05, 0.1) is 5.60 Å². The van der Waals surface area contributed by atoms with Crippen molar-refractivity contribution in [1.82, 2.24) is 0 Å². The van der Waals surface area contributed by atoms with Crippen LogP contribution in [0.25, 0.3) is 0 Å². The fraction of sp³-hybridized carbons (Fsp3) is 0.500. The van der Waals surface area contributed by atoms with Crippen LogP contribution in [0.1, 0.15) is 37.3 Å². The van der Waals surface area contributed by atoms with E-state index in [9.17, 15) is 0 Å². The summed E-state index contributed by atoms with van der Waals surface area (Å²) in [4.78, 5) is 0. The predicted molar refractivity (Wildman–Crippen MR) is 53.8 cm³/mol. The van der Waals surface area contributed by atoms with Gasteiger partial charge < -0.3 is 4.74 Å². The number of hydrogen-bond donors (Lipinski definition) is 0. The highest BCUT2D eigenvalue weighted by molar-refractivity contribution is 5.47. The first-order valence-corrected chi connectivity index (χ1v) is 4.91. The molecule has 0 saturated heterocycles. The zero-order valence-electron chi connectivity index (χ0n) is 8.50. The second kappa shape index (κ2) is 2.85. The zero-order chi connectivity index (χ0) is 9.47. The standard InChI is InChI=1S/C12H16O/c1-4-12(13-3)9(2)10-7-5-6-8-11(10)12/h5-9H,4H2,1-3H3/t9-,12+/m1/s1. The number of hydrogen-bond acceptors (Lipinski definition) is 1. The highest BCUT2D eigenvalue weighted by atomic mass is 16.5. The van der Waals surface area contributed by atoms with Crippen LogP contribution in [0.2, 0.25) is 0 Å². The lowest BCUT2D eigenvalue weighted by molar-refractivity contribution is -0.0607. The molecule has 0 heterocycles. The first-order chi connectivity index (χ1) is 6.26. The quantitative estimate of drug-likeness (QED) is 0.673. The Morgan fingerprint density at radius 1 is 1.38 bits per heavy atom. The van der Waals surface area contributed by atoms with Crippen molar-refractivity contribution in [3.05, 3.63) is 35.4 Å². The van der Waals surface area contributed by atoms with E-state index >= 15 is 0 Å². The lowest BCUT2D eigenvalue weighted by atomic mass is 9.64. The molecular weight excluding hydrogens is 160 g/mol. The van der Waals surface area contributed by atoms with Gasteiger partial charge in [-0.2, -0.15) is 0 Å². The van der Waals surface area contributed by atoms with Crippen molar-refractivity contribution >= 4 is 0 Å². The second-order valence-corrected chi connectivity index (χ2v) is 3.76. The molecule has 70 valence electrons. The number of fused-ring (bicyclic) bond motifs is 1. The fourth-order valence-corrected chi connectivity index (χ4v) is 2.59. The molecule has 0 unspecified atom stereocenters. The molecule has 0 amide bonds. The van der Waals surface area contributed by atoms with Crippen LogP contribution in [0.5, 0.6) is 0 Å². The molecule has 0 radical (unpaired) electrons. The summed E-state index contributed by atoms with van der Waals surface area (Å²) < 4.78 is 5.66. The van der Waals surface area contributed by atoms with Crippen LogP contribution in [-0.2, 0) is 10.3 Å². The SMILES string of the molecule is CC[C@@]1(OC)c2ccccc2[C@H]1C. The zero-order valence-corrected chi connectivity index (χ0v) is 8.50. The van der Waals surface area contributed by atoms with E-state index in [2.05, 4.69) is 38.1 Å². The summed E-state index contributed by atoms with van der Waals surface area (Å²) in [6, 6.07) is 8.58. The van der Waals surface area contributed by atoms with E-state index in [4.69, 9.17) is 4.74 Å². The van der Waals surface area contributed by atoms with E-state index in [-0.39, 0.29) is 5.60 Å². The molecule has 1 aliphatic carbocycles. The molecule has 0 fully saturated rings. The Balaban J connectivity index is 2.48. The summed E-state index contributed by atoms with van der Waals surface area (Å²) in [6.07, 6.45) is 1.06. The highest BCUT2D eigenvalue weighted by Gasteiger charge is 2.47. The molecule has 1 aromatic rings. The van der Waals surface area contributed by atoms with E-state index < -0.39 is 0 Å². The van der Waals surface area contributed by atoms with Crippen LogP contribution in [0.15, 0.2) is 24.3 Å². The smallest absolute Gasteiger partial charge is 0.0993 e. The van der Waals surface area contributed by atoms with Crippen LogP contribution in [0.3, 0.4) is 0 Å². The molecule has 0 N–H and O–H groups in total. The van der Waals surface area contributed by atoms with Crippen LogP contribution in [0.4, 0.5) is 0 Å². The summed E-state index contributed by atoms with van der Waals surface area (Å²) in [7, 11) is 1.82. The maximum atomic E-state index is 5.66. The van der Waals surface area contributed by atoms with Crippen molar-refractivity contribution in [3.8, 4) is 0 Å². The van der Waals surface area contributed by atoms with Crippen molar-refractivity contribution in [1.29, 1.82) is 0 Å². The minimum absolute atomic E-state index is 0.00338. The largest absolute Gasteiger partial charge is 0.373 e. The molecule has 1 aliphatic rings. The second-order valence-electron chi connectivity index (χ2n) is 3.76. The summed E-state index contributed by atoms with van der Waals surface area (Å²) in [5.41, 5.74) is 2.83. The number of ether oxygens (including phenoxy) is 1. The fourth-order valence-electron chi connectivity index (χ4n) is 2.59. The van der Waals surface area contributed by atoms with Gasteiger partial charge in [0.25, 0.3) is 0 Å². The van der Waals surface area contributed by atoms with Crippen LogP contribution < -0.4 is 0 Å². The summed E-state index contributed by atoms with van der Waals surface area (Å²) >= 11 is 0. The van der Waals surface area contributed by atoms with Crippen molar-refractivity contribution < 1.29 is 4.74 Å². The average Bonchev–Trinajstić information content (AvgIpc) is 2.20. The Bertz CT molecular complexity index is 313. The van der Waals surface area contributed by atoms with E-state index in [1.54, 1.807) is 0 Å². The normalized spacial score (nSPS) is 30.8. The van der Waals surface area contributed by atoms with E-state index in [0.29, 0.717) is 5.92 Å². The molecule has 0 bridgehead atoms. The number of rotatable bonds is 2. The molecule has 0 saturated carbocycles. The third-order valence-electron chi connectivity index (χ3n) is 3.47. The molecule has 1 aromatic carbocycles. The lowest BCUT2D eigenvalue weighted by Crippen LogP contribution is -2.43. The van der Waals surface area contributed by atoms with Gasteiger partial charge >= 0.3 is 0 Å². The van der Waals surface area contributed by atoms with Crippen molar-refractivity contribution in [2.75, 3.05) is 7.11 Å². The van der Waals surface area contributed by atoms with Crippen molar-refractivity contribution in [3.63, 3.8) is 0 Å². The first kappa shape index (κ1) is 8.76. The first-order valence-electron chi connectivity index (χ1n) is 4.91.